The minimum absolute atomic E-state index is 0.102. The maximum atomic E-state index is 11.0. The van der Waals surface area contributed by atoms with Crippen LogP contribution in [0.25, 0.3) is 0 Å². The molecule has 0 aromatic heterocycles. The first-order valence-corrected chi connectivity index (χ1v) is 7.45. The summed E-state index contributed by atoms with van der Waals surface area (Å²) in [4.78, 5) is 13.1. The molecule has 1 atom stereocenters. The van der Waals surface area contributed by atoms with Gasteiger partial charge in [-0.15, -0.1) is 0 Å². The lowest BCUT2D eigenvalue weighted by atomic mass is 10.1. The van der Waals surface area contributed by atoms with E-state index in [1.54, 1.807) is 12.1 Å². The molecule has 2 aromatic carbocycles. The summed E-state index contributed by atoms with van der Waals surface area (Å²) in [6.45, 7) is 4.90. The van der Waals surface area contributed by atoms with Crippen molar-refractivity contribution >= 4 is 17.3 Å². The molecule has 0 radical (unpaired) electrons. The summed E-state index contributed by atoms with van der Waals surface area (Å²) in [7, 11) is 0. The molecular weight excluding hydrogens is 276 g/mol. The van der Waals surface area contributed by atoms with Crippen LogP contribution in [-0.4, -0.2) is 24.1 Å². The molecule has 2 N–H and O–H groups in total. The Labute approximate surface area is 131 Å². The third-order valence-corrected chi connectivity index (χ3v) is 3.51. The van der Waals surface area contributed by atoms with E-state index in [4.69, 9.17) is 0 Å². The second-order valence-electron chi connectivity index (χ2n) is 5.19. The summed E-state index contributed by atoms with van der Waals surface area (Å²) < 4.78 is 0. The van der Waals surface area contributed by atoms with Crippen molar-refractivity contribution in [1.29, 1.82) is 0 Å². The fourth-order valence-corrected chi connectivity index (χ4v) is 2.36. The number of carbonyl (C=O) groups excluding carboxylic acids is 1. The Morgan fingerprint density at radius 2 is 1.77 bits per heavy atom. The van der Waals surface area contributed by atoms with Gasteiger partial charge in [0.15, 0.2) is 0 Å². The Morgan fingerprint density at radius 1 is 1.14 bits per heavy atom. The van der Waals surface area contributed by atoms with Crippen molar-refractivity contribution in [3.8, 4) is 0 Å². The molecule has 4 nitrogen and oxygen atoms in total. The highest BCUT2D eigenvalue weighted by Gasteiger charge is 2.13. The highest BCUT2D eigenvalue weighted by molar-refractivity contribution is 5.88. The molecule has 22 heavy (non-hydrogen) atoms. The molecular formula is C18H22N2O2. The van der Waals surface area contributed by atoms with Gasteiger partial charge in [0.25, 0.3) is 0 Å². The molecule has 0 spiro atoms. The second kappa shape index (κ2) is 7.61. The highest BCUT2D eigenvalue weighted by atomic mass is 16.3. The normalized spacial score (nSPS) is 11.8. The van der Waals surface area contributed by atoms with Gasteiger partial charge < -0.3 is 15.3 Å². The molecule has 2 rings (SSSR count). The molecule has 0 bridgehead atoms. The number of aliphatic hydroxyl groups is 1. The van der Waals surface area contributed by atoms with E-state index < -0.39 is 6.10 Å². The predicted octanol–water partition coefficient (Wildman–Crippen LogP) is 3.20. The number of hydrogen-bond donors (Lipinski definition) is 2. The van der Waals surface area contributed by atoms with Crippen LogP contribution in [0.4, 0.5) is 11.4 Å². The van der Waals surface area contributed by atoms with E-state index in [0.717, 1.165) is 23.5 Å². The number of amides is 1. The third-order valence-electron chi connectivity index (χ3n) is 3.51. The number of nitrogens with one attached hydrogen (secondary N) is 1. The molecule has 1 unspecified atom stereocenters. The number of carbonyl (C=O) groups is 1. The highest BCUT2D eigenvalue weighted by Crippen LogP contribution is 2.21. The lowest BCUT2D eigenvalue weighted by molar-refractivity contribution is -0.114. The minimum atomic E-state index is -0.577. The van der Waals surface area contributed by atoms with Crippen LogP contribution >= 0.6 is 0 Å². The molecule has 0 aliphatic heterocycles. The summed E-state index contributed by atoms with van der Waals surface area (Å²) in [5.41, 5.74) is 2.67. The molecule has 0 fully saturated rings. The first-order chi connectivity index (χ1) is 10.6. The van der Waals surface area contributed by atoms with Gasteiger partial charge in [0.2, 0.25) is 5.91 Å². The molecule has 2 aromatic rings. The van der Waals surface area contributed by atoms with Crippen molar-refractivity contribution in [3.63, 3.8) is 0 Å². The topological polar surface area (TPSA) is 52.6 Å². The fraction of sp³-hybridized carbons (Fsp3) is 0.278. The standard InChI is InChI=1S/C18H22N2O2/c1-3-20(17-7-5-4-6-8-17)13-18(22)15-9-11-16(12-10-15)19-14(2)21/h4-12,18,22H,3,13H2,1-2H3,(H,19,21). The van der Waals surface area contributed by atoms with Gasteiger partial charge >= 0.3 is 0 Å². The second-order valence-corrected chi connectivity index (χ2v) is 5.19. The zero-order valence-corrected chi connectivity index (χ0v) is 13.0. The maximum absolute atomic E-state index is 11.0. The van der Waals surface area contributed by atoms with Crippen LogP contribution in [0.2, 0.25) is 0 Å². The molecule has 0 saturated heterocycles. The van der Waals surface area contributed by atoms with E-state index in [1.807, 2.05) is 42.5 Å². The number of likely N-dealkylation sites (N-methyl/N-ethyl adjacent to an activating group) is 1. The molecule has 0 aliphatic rings. The molecule has 4 heteroatoms. The van der Waals surface area contributed by atoms with Crippen molar-refractivity contribution in [2.45, 2.75) is 20.0 Å². The van der Waals surface area contributed by atoms with E-state index >= 15 is 0 Å². The SMILES string of the molecule is CCN(CC(O)c1ccc(NC(C)=O)cc1)c1ccccc1. The zero-order valence-electron chi connectivity index (χ0n) is 13.0. The molecule has 0 aliphatic carbocycles. The number of aliphatic hydroxyl groups excluding tert-OH is 1. The summed E-state index contributed by atoms with van der Waals surface area (Å²) in [5, 5.41) is 13.1. The molecule has 0 heterocycles. The van der Waals surface area contributed by atoms with Crippen LogP contribution in [0.3, 0.4) is 0 Å². The van der Waals surface area contributed by atoms with Gasteiger partial charge in [-0.3, -0.25) is 4.79 Å². The number of hydrogen-bond acceptors (Lipinski definition) is 3. The summed E-state index contributed by atoms with van der Waals surface area (Å²) >= 11 is 0. The Kier molecular flexibility index (Phi) is 5.55. The van der Waals surface area contributed by atoms with Gasteiger partial charge in [-0.1, -0.05) is 30.3 Å². The van der Waals surface area contributed by atoms with E-state index in [9.17, 15) is 9.90 Å². The van der Waals surface area contributed by atoms with Crippen molar-refractivity contribution in [2.24, 2.45) is 0 Å². The van der Waals surface area contributed by atoms with Crippen molar-refractivity contribution in [3.05, 3.63) is 60.2 Å². The summed E-state index contributed by atoms with van der Waals surface area (Å²) in [6, 6.07) is 17.3. The average Bonchev–Trinajstić information content (AvgIpc) is 2.53. The van der Waals surface area contributed by atoms with Crippen molar-refractivity contribution < 1.29 is 9.90 Å². The lowest BCUT2D eigenvalue weighted by Crippen LogP contribution is -2.28. The van der Waals surface area contributed by atoms with Crippen LogP contribution in [0.5, 0.6) is 0 Å². The Hall–Kier alpha value is -2.33. The average molecular weight is 298 g/mol. The smallest absolute Gasteiger partial charge is 0.221 e. The van der Waals surface area contributed by atoms with Gasteiger partial charge in [-0.2, -0.15) is 0 Å². The van der Waals surface area contributed by atoms with Crippen LogP contribution in [0, 0.1) is 0 Å². The number of nitrogens with zero attached hydrogens (tertiary/aromatic N) is 1. The van der Waals surface area contributed by atoms with Gasteiger partial charge in [-0.25, -0.2) is 0 Å². The largest absolute Gasteiger partial charge is 0.387 e. The van der Waals surface area contributed by atoms with Gasteiger partial charge in [-0.05, 0) is 36.8 Å². The summed E-state index contributed by atoms with van der Waals surface area (Å²) in [5.74, 6) is -0.102. The van der Waals surface area contributed by atoms with Gasteiger partial charge in [0.1, 0.15) is 0 Å². The fourth-order valence-electron chi connectivity index (χ4n) is 2.36. The van der Waals surface area contributed by atoms with Crippen LogP contribution < -0.4 is 10.2 Å². The molecule has 116 valence electrons. The Bertz CT molecular complexity index is 596. The maximum Gasteiger partial charge on any atom is 0.221 e. The zero-order chi connectivity index (χ0) is 15.9. The quantitative estimate of drug-likeness (QED) is 0.861. The first-order valence-electron chi connectivity index (χ1n) is 7.45. The van der Waals surface area contributed by atoms with Crippen molar-refractivity contribution in [1.82, 2.24) is 0 Å². The number of para-hydroxylation sites is 1. The lowest BCUT2D eigenvalue weighted by Gasteiger charge is -2.26. The first kappa shape index (κ1) is 16.0. The van der Waals surface area contributed by atoms with E-state index in [1.165, 1.54) is 6.92 Å². The van der Waals surface area contributed by atoms with E-state index in [2.05, 4.69) is 17.1 Å². The van der Waals surface area contributed by atoms with Gasteiger partial charge in [0.05, 0.1) is 6.10 Å². The third kappa shape index (κ3) is 4.33. The number of benzene rings is 2. The van der Waals surface area contributed by atoms with Crippen LogP contribution in [0.15, 0.2) is 54.6 Å². The minimum Gasteiger partial charge on any atom is -0.387 e. The van der Waals surface area contributed by atoms with Crippen molar-refractivity contribution in [2.75, 3.05) is 23.3 Å². The number of rotatable bonds is 6. The molecule has 0 saturated carbocycles. The van der Waals surface area contributed by atoms with E-state index in [0.29, 0.717) is 6.54 Å². The number of anilines is 2. The van der Waals surface area contributed by atoms with Crippen LogP contribution in [-0.2, 0) is 4.79 Å². The van der Waals surface area contributed by atoms with Gasteiger partial charge in [0, 0.05) is 31.4 Å². The Balaban J connectivity index is 2.04. The molecule has 1 amide bonds. The monoisotopic (exact) mass is 298 g/mol. The predicted molar refractivity (Wildman–Crippen MR) is 90.0 cm³/mol. The van der Waals surface area contributed by atoms with E-state index in [-0.39, 0.29) is 5.91 Å². The van der Waals surface area contributed by atoms with Crippen LogP contribution in [0.1, 0.15) is 25.5 Å². The Morgan fingerprint density at radius 3 is 2.32 bits per heavy atom. The summed E-state index contributed by atoms with van der Waals surface area (Å²) in [6.07, 6.45) is -0.577.